The van der Waals surface area contributed by atoms with Crippen LogP contribution < -0.4 is 10.6 Å². The molecule has 1 aromatic rings. The number of amidine groups is 1. The lowest BCUT2D eigenvalue weighted by atomic mass is 10.1. The molecule has 1 aromatic carbocycles. The van der Waals surface area contributed by atoms with E-state index in [-0.39, 0.29) is 35.1 Å². The highest BCUT2D eigenvalue weighted by molar-refractivity contribution is 7.90. The number of ether oxygens (including phenoxy) is 1. The Morgan fingerprint density at radius 2 is 1.90 bits per heavy atom. The maximum atomic E-state index is 13.7. The van der Waals surface area contributed by atoms with Crippen molar-refractivity contribution >= 4 is 39.2 Å². The minimum absolute atomic E-state index is 0.0424. The second kappa shape index (κ2) is 7.90. The van der Waals surface area contributed by atoms with E-state index in [9.17, 15) is 22.4 Å². The highest BCUT2D eigenvalue weighted by Gasteiger charge is 2.25. The fourth-order valence-electron chi connectivity index (χ4n) is 2.67. The molecule has 0 atom stereocenters. The molecule has 0 bridgehead atoms. The highest BCUT2D eigenvalue weighted by Crippen LogP contribution is 2.25. The van der Waals surface area contributed by atoms with Crippen molar-refractivity contribution in [1.29, 1.82) is 0 Å². The van der Waals surface area contributed by atoms with Crippen LogP contribution in [0.5, 0.6) is 0 Å². The van der Waals surface area contributed by atoms with Gasteiger partial charge in [-0.2, -0.15) is 0 Å². The number of halogens is 1. The third kappa shape index (κ3) is 5.44. The lowest BCUT2D eigenvalue weighted by molar-refractivity contribution is -0.112. The van der Waals surface area contributed by atoms with Gasteiger partial charge in [-0.3, -0.25) is 10.1 Å². The summed E-state index contributed by atoms with van der Waals surface area (Å²) in [7, 11) is -3.50. The molecule has 2 amide bonds. The second-order valence-electron chi connectivity index (χ2n) is 7.62. The molecule has 0 aromatic heterocycles. The number of benzene rings is 1. The number of nitrogens with zero attached hydrogens (tertiary/aromatic N) is 2. The standard InChI is InChI=1S/C19H21FN4O5S/c1-19(2,3)29-18(26)22-14-6-5-13(20)10-15(14)21-17(25)12-4-7-16-23-30(27,28)9-8-24(16)11-12/h4-7,10-11H,8-9H2,1-3H3,(H,21,25)(H,22,26). The minimum atomic E-state index is -3.50. The Bertz CT molecular complexity index is 1090. The number of anilines is 2. The Hall–Kier alpha value is -3.21. The van der Waals surface area contributed by atoms with Crippen LogP contribution in [-0.4, -0.2) is 49.1 Å². The monoisotopic (exact) mass is 436 g/mol. The van der Waals surface area contributed by atoms with Crippen LogP contribution in [0.3, 0.4) is 0 Å². The van der Waals surface area contributed by atoms with Crippen LogP contribution in [0, 0.1) is 5.82 Å². The molecule has 0 fully saturated rings. The summed E-state index contributed by atoms with van der Waals surface area (Å²) in [6.45, 7) is 5.26. The van der Waals surface area contributed by atoms with Crippen LogP contribution in [0.25, 0.3) is 0 Å². The van der Waals surface area contributed by atoms with E-state index in [1.165, 1.54) is 24.4 Å². The third-order valence-electron chi connectivity index (χ3n) is 3.95. The third-order valence-corrected chi connectivity index (χ3v) is 5.12. The quantitative estimate of drug-likeness (QED) is 0.752. The Kier molecular flexibility index (Phi) is 5.66. The summed E-state index contributed by atoms with van der Waals surface area (Å²) in [4.78, 5) is 26.2. The topological polar surface area (TPSA) is 117 Å². The number of hydrogen-bond acceptors (Lipinski definition) is 6. The normalized spacial score (nSPS) is 17.4. The Morgan fingerprint density at radius 1 is 1.17 bits per heavy atom. The van der Waals surface area contributed by atoms with Crippen LogP contribution in [0.15, 0.2) is 46.5 Å². The van der Waals surface area contributed by atoms with Crippen molar-refractivity contribution in [1.82, 2.24) is 4.90 Å². The lowest BCUT2D eigenvalue weighted by Gasteiger charge is -2.27. The van der Waals surface area contributed by atoms with Crippen LogP contribution in [-0.2, 0) is 19.6 Å². The molecule has 160 valence electrons. The molecule has 30 heavy (non-hydrogen) atoms. The van der Waals surface area contributed by atoms with Crippen LogP contribution in [0.4, 0.5) is 20.6 Å². The number of carbonyl (C=O) groups excluding carboxylic acids is 2. The van der Waals surface area contributed by atoms with Gasteiger partial charge in [0.25, 0.3) is 15.9 Å². The van der Waals surface area contributed by atoms with E-state index in [4.69, 9.17) is 4.74 Å². The van der Waals surface area contributed by atoms with E-state index >= 15 is 0 Å². The lowest BCUT2D eigenvalue weighted by Crippen LogP contribution is -2.37. The van der Waals surface area contributed by atoms with Crippen molar-refractivity contribution in [2.75, 3.05) is 22.9 Å². The molecule has 2 aliphatic heterocycles. The van der Waals surface area contributed by atoms with Gasteiger partial charge < -0.3 is 15.0 Å². The molecule has 0 saturated heterocycles. The van der Waals surface area contributed by atoms with Gasteiger partial charge in [0.2, 0.25) is 0 Å². The molecule has 2 aliphatic rings. The van der Waals surface area contributed by atoms with E-state index in [1.807, 2.05) is 0 Å². The van der Waals surface area contributed by atoms with Gasteiger partial charge in [0, 0.05) is 12.7 Å². The van der Waals surface area contributed by atoms with Crippen LogP contribution in [0.1, 0.15) is 20.8 Å². The first kappa shape index (κ1) is 21.5. The molecule has 9 nitrogen and oxygen atoms in total. The van der Waals surface area contributed by atoms with Crippen molar-refractivity contribution in [3.05, 3.63) is 47.9 Å². The van der Waals surface area contributed by atoms with E-state index in [1.54, 1.807) is 25.7 Å². The van der Waals surface area contributed by atoms with E-state index in [2.05, 4.69) is 15.0 Å². The van der Waals surface area contributed by atoms with Gasteiger partial charge in [-0.1, -0.05) is 0 Å². The zero-order valence-electron chi connectivity index (χ0n) is 16.6. The summed E-state index contributed by atoms with van der Waals surface area (Å²) < 4.78 is 45.7. The maximum absolute atomic E-state index is 13.7. The first-order chi connectivity index (χ1) is 13.9. The zero-order chi connectivity index (χ0) is 22.1. The highest BCUT2D eigenvalue weighted by atomic mass is 32.2. The average Bonchev–Trinajstić information content (AvgIpc) is 2.61. The fourth-order valence-corrected chi connectivity index (χ4v) is 3.64. The number of amides is 2. The molecular weight excluding hydrogens is 415 g/mol. The molecular formula is C19H21FN4O5S. The van der Waals surface area contributed by atoms with E-state index in [0.29, 0.717) is 0 Å². The van der Waals surface area contributed by atoms with Crippen LogP contribution in [0.2, 0.25) is 0 Å². The number of nitrogens with one attached hydrogen (secondary N) is 2. The number of hydrogen-bond donors (Lipinski definition) is 2. The van der Waals surface area contributed by atoms with Crippen molar-refractivity contribution in [2.24, 2.45) is 4.40 Å². The first-order valence-corrected chi connectivity index (χ1v) is 10.6. The van der Waals surface area contributed by atoms with Gasteiger partial charge in [0.1, 0.15) is 17.3 Å². The van der Waals surface area contributed by atoms with Gasteiger partial charge in [0.15, 0.2) is 0 Å². The minimum Gasteiger partial charge on any atom is -0.444 e. The number of rotatable bonds is 3. The summed E-state index contributed by atoms with van der Waals surface area (Å²) in [5.41, 5.74) is -0.320. The number of carbonyl (C=O) groups is 2. The first-order valence-electron chi connectivity index (χ1n) is 9.02. The Morgan fingerprint density at radius 3 is 2.60 bits per heavy atom. The summed E-state index contributed by atoms with van der Waals surface area (Å²) in [6.07, 6.45) is 3.53. The maximum Gasteiger partial charge on any atom is 0.412 e. The molecule has 2 heterocycles. The second-order valence-corrected chi connectivity index (χ2v) is 9.37. The molecule has 3 rings (SSSR count). The Labute approximate surface area is 173 Å². The van der Waals surface area contributed by atoms with E-state index < -0.39 is 33.4 Å². The van der Waals surface area contributed by atoms with E-state index in [0.717, 1.165) is 12.1 Å². The summed E-state index contributed by atoms with van der Waals surface area (Å²) in [5.74, 6) is -1.12. The predicted octanol–water partition coefficient (Wildman–Crippen LogP) is 2.61. The molecule has 0 spiro atoms. The molecule has 0 saturated carbocycles. The average molecular weight is 436 g/mol. The van der Waals surface area contributed by atoms with Gasteiger partial charge >= 0.3 is 6.09 Å². The summed E-state index contributed by atoms with van der Waals surface area (Å²) in [6, 6.07) is 3.51. The Balaban J connectivity index is 1.77. The van der Waals surface area contributed by atoms with Gasteiger partial charge in [-0.15, -0.1) is 4.40 Å². The number of sulfonamides is 1. The van der Waals surface area contributed by atoms with Crippen molar-refractivity contribution in [3.8, 4) is 0 Å². The van der Waals surface area contributed by atoms with Crippen LogP contribution >= 0.6 is 0 Å². The summed E-state index contributed by atoms with van der Waals surface area (Å²) >= 11 is 0. The number of fused-ring (bicyclic) bond motifs is 1. The van der Waals surface area contributed by atoms with Gasteiger partial charge in [0.05, 0.1) is 22.7 Å². The van der Waals surface area contributed by atoms with Crippen molar-refractivity contribution in [2.45, 2.75) is 26.4 Å². The molecule has 0 aliphatic carbocycles. The zero-order valence-corrected chi connectivity index (χ0v) is 17.4. The van der Waals surface area contributed by atoms with Crippen molar-refractivity contribution < 1.29 is 27.1 Å². The van der Waals surface area contributed by atoms with Gasteiger partial charge in [-0.25, -0.2) is 17.6 Å². The largest absolute Gasteiger partial charge is 0.444 e. The molecule has 11 heteroatoms. The smallest absolute Gasteiger partial charge is 0.412 e. The fraction of sp³-hybridized carbons (Fsp3) is 0.316. The summed E-state index contributed by atoms with van der Waals surface area (Å²) in [5, 5.41) is 5.03. The molecule has 2 N–H and O–H groups in total. The SMILES string of the molecule is CC(C)(C)OC(=O)Nc1ccc(F)cc1NC(=O)C1=CN2CCS(=O)(=O)N=C2C=C1. The predicted molar refractivity (Wildman–Crippen MR) is 110 cm³/mol. The molecule has 0 radical (unpaired) electrons. The van der Waals surface area contributed by atoms with Gasteiger partial charge in [-0.05, 0) is 51.1 Å². The molecule has 0 unspecified atom stereocenters. The van der Waals surface area contributed by atoms with Crippen molar-refractivity contribution in [3.63, 3.8) is 0 Å².